The summed E-state index contributed by atoms with van der Waals surface area (Å²) in [5, 5.41) is 11.8. The molecule has 0 saturated heterocycles. The molecule has 2 bridgehead atoms. The minimum absolute atomic E-state index is 0.0351. The van der Waals surface area contributed by atoms with E-state index in [1.54, 1.807) is 6.20 Å². The van der Waals surface area contributed by atoms with Gasteiger partial charge in [0, 0.05) is 13.5 Å². The van der Waals surface area contributed by atoms with E-state index in [0.717, 1.165) is 57.8 Å². The third-order valence-electron chi connectivity index (χ3n) is 5.47. The molecule has 1 aliphatic heterocycles. The average molecular weight is 405 g/mol. The molecule has 6 heteroatoms. The number of aromatic nitrogens is 4. The third kappa shape index (κ3) is 3.77. The zero-order valence-electron chi connectivity index (χ0n) is 18.0. The van der Waals surface area contributed by atoms with E-state index in [9.17, 15) is 0 Å². The minimum Gasteiger partial charge on any atom is -0.477 e. The lowest BCUT2D eigenvalue weighted by atomic mass is 9.96. The second kappa shape index (κ2) is 8.22. The maximum atomic E-state index is 6.15. The summed E-state index contributed by atoms with van der Waals surface area (Å²) in [5.74, 6) is 1.44. The monoisotopic (exact) mass is 404 g/mol. The van der Waals surface area contributed by atoms with Crippen molar-refractivity contribution in [3.8, 4) is 22.9 Å². The van der Waals surface area contributed by atoms with E-state index < -0.39 is 0 Å². The molecule has 30 heavy (non-hydrogen) atoms. The Balaban J connectivity index is 1.82. The van der Waals surface area contributed by atoms with E-state index in [0.29, 0.717) is 12.5 Å². The minimum atomic E-state index is -0.0351. The molecule has 156 valence electrons. The Morgan fingerprint density at radius 2 is 2.10 bits per heavy atom. The highest BCUT2D eigenvalue weighted by atomic mass is 16.5. The molecule has 0 amide bonds. The van der Waals surface area contributed by atoms with E-state index in [1.165, 1.54) is 0 Å². The molecule has 3 aromatic rings. The molecule has 1 N–H and O–H groups in total. The smallest absolute Gasteiger partial charge is 0.219 e. The summed E-state index contributed by atoms with van der Waals surface area (Å²) in [4.78, 5) is 0. The normalized spacial score (nSPS) is 17.7. The van der Waals surface area contributed by atoms with Crippen LogP contribution in [0.25, 0.3) is 22.8 Å². The van der Waals surface area contributed by atoms with Crippen LogP contribution in [0.4, 0.5) is 0 Å². The van der Waals surface area contributed by atoms with Gasteiger partial charge in [0.05, 0.1) is 29.6 Å². The number of aryl methyl sites for hydroxylation is 3. The van der Waals surface area contributed by atoms with Gasteiger partial charge >= 0.3 is 0 Å². The van der Waals surface area contributed by atoms with E-state index >= 15 is 0 Å². The fourth-order valence-electron chi connectivity index (χ4n) is 3.74. The van der Waals surface area contributed by atoms with Crippen LogP contribution < -0.4 is 9.47 Å². The van der Waals surface area contributed by atoms with E-state index in [4.69, 9.17) is 9.47 Å². The molecule has 4 rings (SSSR count). The van der Waals surface area contributed by atoms with Crippen LogP contribution in [0, 0.1) is 6.92 Å². The Labute approximate surface area is 177 Å². The number of aromatic amines is 1. The van der Waals surface area contributed by atoms with Gasteiger partial charge in [-0.1, -0.05) is 31.7 Å². The van der Waals surface area contributed by atoms with Gasteiger partial charge in [-0.3, -0.25) is 0 Å². The summed E-state index contributed by atoms with van der Waals surface area (Å²) in [6.45, 7) is 11.1. The van der Waals surface area contributed by atoms with Crippen molar-refractivity contribution >= 4 is 11.6 Å². The topological polar surface area (TPSA) is 65.0 Å². The average Bonchev–Trinajstić information content (AvgIpc) is 3.30. The molecule has 0 fully saturated rings. The standard InChI is InChI=1S/C24H28N4O2/c1-6-22-19-10-8-16(3)20-13-18(9-7-15(20)2)21-14-25-26-23(21)30-17(4)11-12-29-24(19)28(5)27-22/h7-10,13-14,17H,3,6,11-12H2,1-2,4-5H3,(H,25,26)/b10-8+/t17-/m0/s1. The van der Waals surface area contributed by atoms with E-state index in [-0.39, 0.29) is 6.10 Å². The Morgan fingerprint density at radius 1 is 1.27 bits per heavy atom. The van der Waals surface area contributed by atoms with Crippen LogP contribution in [0.15, 0.2) is 37.1 Å². The number of hydrogen-bond acceptors (Lipinski definition) is 4. The Morgan fingerprint density at radius 3 is 2.90 bits per heavy atom. The summed E-state index contributed by atoms with van der Waals surface area (Å²) in [6, 6.07) is 6.34. The van der Waals surface area contributed by atoms with Crippen LogP contribution >= 0.6 is 0 Å². The predicted octanol–water partition coefficient (Wildman–Crippen LogP) is 4.96. The molecule has 2 aromatic heterocycles. The number of nitrogens with zero attached hydrogens (tertiary/aromatic N) is 3. The molecule has 0 aliphatic carbocycles. The van der Waals surface area contributed by atoms with Crippen molar-refractivity contribution in [2.45, 2.75) is 39.7 Å². The molecule has 3 heterocycles. The van der Waals surface area contributed by atoms with Crippen LogP contribution in [0.3, 0.4) is 0 Å². The van der Waals surface area contributed by atoms with Crippen LogP contribution in [0.1, 0.15) is 42.7 Å². The lowest BCUT2D eigenvalue weighted by Gasteiger charge is -2.15. The molecule has 1 atom stereocenters. The Kier molecular flexibility index (Phi) is 5.48. The van der Waals surface area contributed by atoms with Crippen LogP contribution in [-0.2, 0) is 13.5 Å². The highest BCUT2D eigenvalue weighted by molar-refractivity contribution is 5.83. The molecular weight excluding hydrogens is 376 g/mol. The van der Waals surface area contributed by atoms with Crippen LogP contribution in [0.2, 0.25) is 0 Å². The van der Waals surface area contributed by atoms with Gasteiger partial charge in [-0.25, -0.2) is 9.78 Å². The largest absolute Gasteiger partial charge is 0.477 e. The van der Waals surface area contributed by atoms with E-state index in [2.05, 4.69) is 60.0 Å². The highest BCUT2D eigenvalue weighted by Gasteiger charge is 2.18. The van der Waals surface area contributed by atoms with Gasteiger partial charge in [0.25, 0.3) is 0 Å². The number of nitrogens with one attached hydrogen (secondary N) is 1. The van der Waals surface area contributed by atoms with Crippen molar-refractivity contribution < 1.29 is 9.47 Å². The number of allylic oxidation sites excluding steroid dienone is 2. The molecular formula is C24H28N4O2. The van der Waals surface area contributed by atoms with E-state index in [1.807, 2.05) is 24.7 Å². The summed E-state index contributed by atoms with van der Waals surface area (Å²) in [5.41, 5.74) is 7.18. The first kappa shape index (κ1) is 20.0. The Bertz CT molecular complexity index is 1110. The van der Waals surface area contributed by atoms with Gasteiger partial charge in [-0.15, -0.1) is 0 Å². The predicted molar refractivity (Wildman–Crippen MR) is 120 cm³/mol. The lowest BCUT2D eigenvalue weighted by molar-refractivity contribution is 0.167. The third-order valence-corrected chi connectivity index (χ3v) is 5.47. The fraction of sp³-hybridized carbons (Fsp3) is 0.333. The quantitative estimate of drug-likeness (QED) is 0.623. The van der Waals surface area contributed by atoms with Crippen molar-refractivity contribution in [1.82, 2.24) is 20.0 Å². The van der Waals surface area contributed by atoms with Gasteiger partial charge in [0.15, 0.2) is 0 Å². The van der Waals surface area contributed by atoms with Gasteiger partial charge < -0.3 is 9.47 Å². The van der Waals surface area contributed by atoms with Gasteiger partial charge in [-0.2, -0.15) is 10.2 Å². The maximum Gasteiger partial charge on any atom is 0.219 e. The first-order valence-corrected chi connectivity index (χ1v) is 10.3. The zero-order valence-corrected chi connectivity index (χ0v) is 18.0. The van der Waals surface area contributed by atoms with Gasteiger partial charge in [-0.05, 0) is 54.7 Å². The summed E-state index contributed by atoms with van der Waals surface area (Å²) in [7, 11) is 1.92. The number of rotatable bonds is 1. The van der Waals surface area contributed by atoms with Crippen LogP contribution in [0.5, 0.6) is 11.8 Å². The number of H-pyrrole nitrogens is 1. The second-order valence-electron chi connectivity index (χ2n) is 7.71. The summed E-state index contributed by atoms with van der Waals surface area (Å²) < 4.78 is 14.1. The highest BCUT2D eigenvalue weighted by Crippen LogP contribution is 2.33. The first-order chi connectivity index (χ1) is 14.5. The lowest BCUT2D eigenvalue weighted by Crippen LogP contribution is -2.17. The van der Waals surface area contributed by atoms with Crippen molar-refractivity contribution in [3.63, 3.8) is 0 Å². The number of fused-ring (bicyclic) bond motifs is 5. The zero-order chi connectivity index (χ0) is 21.3. The molecule has 0 unspecified atom stereocenters. The van der Waals surface area contributed by atoms with Crippen molar-refractivity contribution in [3.05, 3.63) is 59.4 Å². The van der Waals surface area contributed by atoms with Gasteiger partial charge in [0.2, 0.25) is 11.8 Å². The first-order valence-electron chi connectivity index (χ1n) is 10.3. The number of hydrogen-bond donors (Lipinski definition) is 1. The molecule has 0 saturated carbocycles. The fourth-order valence-corrected chi connectivity index (χ4v) is 3.74. The van der Waals surface area contributed by atoms with Crippen LogP contribution in [-0.4, -0.2) is 32.7 Å². The molecule has 0 radical (unpaired) electrons. The molecule has 1 aliphatic rings. The summed E-state index contributed by atoms with van der Waals surface area (Å²) in [6.07, 6.45) is 7.45. The van der Waals surface area contributed by atoms with Crippen molar-refractivity contribution in [2.75, 3.05) is 6.61 Å². The maximum absolute atomic E-state index is 6.15. The van der Waals surface area contributed by atoms with Gasteiger partial charge in [0.1, 0.15) is 6.10 Å². The number of ether oxygens (including phenoxy) is 2. The second-order valence-corrected chi connectivity index (χ2v) is 7.71. The molecule has 1 aromatic carbocycles. The SMILES string of the molecule is C=C1/C=C/c2c(CC)nn(C)c2OCC[C@H](C)Oc2[nH]ncc2-c2ccc(C)c1c2. The van der Waals surface area contributed by atoms with Crippen molar-refractivity contribution in [1.29, 1.82) is 0 Å². The molecule has 6 nitrogen and oxygen atoms in total. The van der Waals surface area contributed by atoms with Crippen molar-refractivity contribution in [2.24, 2.45) is 7.05 Å². The molecule has 0 spiro atoms. The summed E-state index contributed by atoms with van der Waals surface area (Å²) >= 11 is 0. The number of benzene rings is 1. The Hall–Kier alpha value is -3.28.